The third-order valence-electron chi connectivity index (χ3n) is 8.60. The molecule has 2 saturated heterocycles. The Kier molecular flexibility index (Phi) is 11.4. The van der Waals surface area contributed by atoms with Gasteiger partial charge in [0.2, 0.25) is 17.5 Å². The molecule has 0 amide bonds. The number of phenolic OH excluding ortho intramolecular Hbond substituents is 3. The molecule has 0 aliphatic carbocycles. The van der Waals surface area contributed by atoms with Crippen LogP contribution in [0.4, 0.5) is 0 Å². The molecule has 0 radical (unpaired) electrons. The van der Waals surface area contributed by atoms with E-state index in [4.69, 9.17) is 37.9 Å². The molecule has 20 heteroatoms. The molecule has 20 nitrogen and oxygen atoms in total. The lowest BCUT2D eigenvalue weighted by Gasteiger charge is -2.42. The van der Waals surface area contributed by atoms with Gasteiger partial charge in [0.1, 0.15) is 59.1 Å². The number of aliphatic hydroxyl groups excluding tert-OH is 4. The summed E-state index contributed by atoms with van der Waals surface area (Å²) in [6.45, 7) is -1.37. The minimum atomic E-state index is -2.20. The first kappa shape index (κ1) is 39.4. The Morgan fingerprint density at radius 2 is 1.72 bits per heavy atom. The van der Waals surface area contributed by atoms with Crippen LogP contribution >= 0.6 is 0 Å². The highest BCUT2D eigenvalue weighted by Gasteiger charge is 2.54. The number of phenols is 3. The van der Waals surface area contributed by atoms with Crippen LogP contribution in [-0.2, 0) is 28.5 Å². The van der Waals surface area contributed by atoms with Gasteiger partial charge < -0.3 is 83.9 Å². The van der Waals surface area contributed by atoms with Crippen molar-refractivity contribution in [3.05, 3.63) is 40.6 Å². The fraction of sp³-hybridized carbons (Fsp3) is 0.485. The number of hydrogen-bond donors (Lipinski definition) is 10. The number of aromatic hydroxyl groups is 3. The number of carboxylic acid groups (broad SMARTS) is 1. The molecule has 2 aromatic carbocycles. The Balaban J connectivity index is 1.56. The maximum atomic E-state index is 14.1. The molecule has 4 unspecified atom stereocenters. The van der Waals surface area contributed by atoms with Crippen molar-refractivity contribution in [1.29, 1.82) is 0 Å². The maximum Gasteiger partial charge on any atom is 0.308 e. The van der Waals surface area contributed by atoms with Crippen molar-refractivity contribution in [2.45, 2.75) is 74.1 Å². The molecular formula is C33H38O20. The number of hydrogen-bond acceptors (Lipinski definition) is 19. The minimum absolute atomic E-state index is 0.0762. The summed E-state index contributed by atoms with van der Waals surface area (Å²) in [6.07, 6.45) is -15.0. The molecule has 0 bridgehead atoms. The molecule has 2 aliphatic rings. The molecule has 3 aromatic rings. The molecule has 0 spiro atoms. The highest BCUT2D eigenvalue weighted by atomic mass is 16.8. The highest BCUT2D eigenvalue weighted by molar-refractivity contribution is 5.88. The van der Waals surface area contributed by atoms with E-state index < -0.39 is 138 Å². The van der Waals surface area contributed by atoms with E-state index in [1.54, 1.807) is 0 Å². The van der Waals surface area contributed by atoms with Gasteiger partial charge in [-0.3, -0.25) is 14.4 Å². The van der Waals surface area contributed by atoms with Crippen LogP contribution in [0.5, 0.6) is 28.7 Å². The van der Waals surface area contributed by atoms with Gasteiger partial charge in [0.15, 0.2) is 29.7 Å². The number of carbonyl (C=O) groups excluding carboxylic acids is 1. The van der Waals surface area contributed by atoms with E-state index in [0.717, 1.165) is 25.1 Å². The van der Waals surface area contributed by atoms with Crippen molar-refractivity contribution in [1.82, 2.24) is 0 Å². The van der Waals surface area contributed by atoms with Crippen molar-refractivity contribution in [3.8, 4) is 40.1 Å². The van der Waals surface area contributed by atoms with E-state index in [1.807, 2.05) is 0 Å². The number of methoxy groups -OCH3 is 1. The Labute approximate surface area is 298 Å². The summed E-state index contributed by atoms with van der Waals surface area (Å²) < 4.78 is 39.0. The first-order valence-electron chi connectivity index (χ1n) is 15.8. The van der Waals surface area contributed by atoms with Gasteiger partial charge in [-0.15, -0.1) is 0 Å². The molecule has 1 aromatic heterocycles. The number of fused-ring (bicyclic) bond motifs is 1. The van der Waals surface area contributed by atoms with Gasteiger partial charge in [0.05, 0.1) is 38.8 Å². The van der Waals surface area contributed by atoms with Gasteiger partial charge in [0, 0.05) is 17.7 Å². The second-order valence-electron chi connectivity index (χ2n) is 12.9. The average molecular weight is 755 g/mol. The van der Waals surface area contributed by atoms with Crippen LogP contribution in [0.15, 0.2) is 39.5 Å². The standard InChI is InChI=1S/C33H38O20/c1-32(45,8-20(38)39)9-21(40)48-10-19-23(41)25(43)28(53-31-29(44)33(46,11-34)12-49-31)30(51-19)52-27-24(42)22-17(37)6-14(47-2)7-18(22)50-26(27)13-3-4-15(35)16(36)5-13/h3-7,19,23,25,28-31,34-37,41,43-46H,8-12H2,1-2H3,(H,38,39)/t19?,23-,25-,28?,29+,30-,31-,32?,33?/m0/s1. The fourth-order valence-corrected chi connectivity index (χ4v) is 5.73. The Bertz CT molecular complexity index is 1890. The smallest absolute Gasteiger partial charge is 0.308 e. The molecule has 10 N–H and O–H groups in total. The third kappa shape index (κ3) is 8.25. The molecule has 0 saturated carbocycles. The first-order chi connectivity index (χ1) is 24.9. The van der Waals surface area contributed by atoms with Crippen LogP contribution in [0.25, 0.3) is 22.3 Å². The quantitative estimate of drug-likeness (QED) is 0.0693. The summed E-state index contributed by atoms with van der Waals surface area (Å²) in [6, 6.07) is 5.63. The SMILES string of the molecule is COc1cc(O)c2c(=O)c(O[C@@H]3OC(COC(=O)CC(C)(O)CC(=O)O)[C@H](O)[C@H](O)C3O[C@@H]3OCC(O)(CO)[C@@H]3O)c(-c3ccc(O)c(O)c3)oc2c1. The van der Waals surface area contributed by atoms with Crippen LogP contribution in [0.1, 0.15) is 19.8 Å². The number of rotatable bonds is 13. The van der Waals surface area contributed by atoms with Crippen molar-refractivity contribution in [3.63, 3.8) is 0 Å². The predicted octanol–water partition coefficient (Wildman–Crippen LogP) is -1.60. The Morgan fingerprint density at radius 3 is 2.34 bits per heavy atom. The van der Waals surface area contributed by atoms with Gasteiger partial charge in [-0.2, -0.15) is 0 Å². The minimum Gasteiger partial charge on any atom is -0.507 e. The fourth-order valence-electron chi connectivity index (χ4n) is 5.73. The summed E-state index contributed by atoms with van der Waals surface area (Å²) in [5.74, 6) is -5.46. The summed E-state index contributed by atoms with van der Waals surface area (Å²) in [4.78, 5) is 37.6. The molecule has 2 aliphatic heterocycles. The molecule has 2 fully saturated rings. The van der Waals surface area contributed by atoms with Crippen LogP contribution < -0.4 is 14.9 Å². The van der Waals surface area contributed by atoms with Gasteiger partial charge in [-0.05, 0) is 25.1 Å². The zero-order valence-electron chi connectivity index (χ0n) is 28.0. The Hall–Kier alpha value is -4.77. The number of aliphatic carboxylic acids is 1. The lowest BCUT2D eigenvalue weighted by Crippen LogP contribution is -2.62. The number of benzene rings is 2. The van der Waals surface area contributed by atoms with E-state index >= 15 is 0 Å². The summed E-state index contributed by atoms with van der Waals surface area (Å²) in [5.41, 5.74) is -5.59. The molecule has 290 valence electrons. The third-order valence-corrected chi connectivity index (χ3v) is 8.60. The van der Waals surface area contributed by atoms with E-state index in [9.17, 15) is 60.3 Å². The van der Waals surface area contributed by atoms with E-state index in [-0.39, 0.29) is 16.9 Å². The molecule has 5 rings (SSSR count). The summed E-state index contributed by atoms with van der Waals surface area (Å²) in [7, 11) is 1.29. The topological polar surface area (TPSA) is 322 Å². The normalized spacial score (nSPS) is 28.3. The molecule has 9 atom stereocenters. The maximum absolute atomic E-state index is 14.1. The van der Waals surface area contributed by atoms with Crippen molar-refractivity contribution < 1.29 is 93.5 Å². The second kappa shape index (κ2) is 15.3. The highest BCUT2D eigenvalue weighted by Crippen LogP contribution is 2.40. The number of ether oxygens (including phenoxy) is 6. The number of carboxylic acids is 1. The van der Waals surface area contributed by atoms with E-state index in [1.165, 1.54) is 19.2 Å². The number of carbonyl (C=O) groups is 2. The van der Waals surface area contributed by atoms with Gasteiger partial charge in [0.25, 0.3) is 0 Å². The molecular weight excluding hydrogens is 716 g/mol. The zero-order valence-corrected chi connectivity index (χ0v) is 28.0. The van der Waals surface area contributed by atoms with Crippen LogP contribution in [0, 0.1) is 0 Å². The second-order valence-corrected chi connectivity index (χ2v) is 12.9. The first-order valence-corrected chi connectivity index (χ1v) is 15.8. The van der Waals surface area contributed by atoms with Crippen molar-refractivity contribution in [2.75, 3.05) is 26.9 Å². The summed E-state index contributed by atoms with van der Waals surface area (Å²) in [5, 5.41) is 103. The van der Waals surface area contributed by atoms with Crippen LogP contribution in [0.2, 0.25) is 0 Å². The molecule has 53 heavy (non-hydrogen) atoms. The van der Waals surface area contributed by atoms with E-state index in [2.05, 4.69) is 0 Å². The Morgan fingerprint density at radius 1 is 1.00 bits per heavy atom. The lowest BCUT2D eigenvalue weighted by molar-refractivity contribution is -0.319. The van der Waals surface area contributed by atoms with Crippen molar-refractivity contribution >= 4 is 22.9 Å². The largest absolute Gasteiger partial charge is 0.507 e. The van der Waals surface area contributed by atoms with Gasteiger partial charge in [-0.25, -0.2) is 0 Å². The van der Waals surface area contributed by atoms with E-state index in [0.29, 0.717) is 0 Å². The summed E-state index contributed by atoms with van der Waals surface area (Å²) >= 11 is 0. The van der Waals surface area contributed by atoms with Crippen LogP contribution in [0.3, 0.4) is 0 Å². The van der Waals surface area contributed by atoms with Crippen LogP contribution in [-0.4, -0.2) is 144 Å². The van der Waals surface area contributed by atoms with Crippen molar-refractivity contribution in [2.24, 2.45) is 0 Å². The monoisotopic (exact) mass is 754 g/mol. The molecule has 3 heterocycles. The number of esters is 1. The zero-order chi connectivity index (χ0) is 39.0. The van der Waals surface area contributed by atoms with Gasteiger partial charge in [-0.1, -0.05) is 0 Å². The van der Waals surface area contributed by atoms with Gasteiger partial charge >= 0.3 is 11.9 Å². The number of aliphatic hydroxyl groups is 6. The predicted molar refractivity (Wildman–Crippen MR) is 172 cm³/mol. The lowest BCUT2D eigenvalue weighted by atomic mass is 9.97. The average Bonchev–Trinajstić information content (AvgIpc) is 3.37.